The lowest BCUT2D eigenvalue weighted by Gasteiger charge is -2.38. The fourth-order valence-electron chi connectivity index (χ4n) is 16.0. The number of nitrogens with two attached hydrogens (primary N) is 3. The molecular weight excluding hydrogens is 1760 g/mol. The van der Waals surface area contributed by atoms with E-state index in [9.17, 15) is 63.2 Å². The van der Waals surface area contributed by atoms with Gasteiger partial charge in [-0.3, -0.25) is 81.5 Å². The Kier molecular flexibility index (Phi) is 37.3. The fraction of sp³-hybridized carbons (Fsp3) is 0.456. The van der Waals surface area contributed by atoms with Crippen LogP contribution in [0.4, 0.5) is 13.2 Å². The van der Waals surface area contributed by atoms with E-state index in [4.69, 9.17) is 17.2 Å². The van der Waals surface area contributed by atoms with Crippen molar-refractivity contribution >= 4 is 123 Å². The molecule has 5 aromatic carbocycles. The van der Waals surface area contributed by atoms with E-state index in [1.807, 2.05) is 0 Å². The van der Waals surface area contributed by atoms with Gasteiger partial charge < -0.3 is 115 Å². The maximum Gasteiger partial charge on any atom is 0.305 e. The van der Waals surface area contributed by atoms with Gasteiger partial charge in [-0.2, -0.15) is 0 Å². The Morgan fingerprint density at radius 1 is 0.519 bits per heavy atom. The second-order valence-corrected chi connectivity index (χ2v) is 34.5. The summed E-state index contributed by atoms with van der Waals surface area (Å²) in [5.74, 6) is -26.8. The molecule has 0 aliphatic carbocycles. The van der Waals surface area contributed by atoms with Crippen LogP contribution in [0.2, 0.25) is 0 Å². The summed E-state index contributed by atoms with van der Waals surface area (Å²) in [4.78, 5) is 257. The first-order valence-electron chi connectivity index (χ1n) is 43.2. The van der Waals surface area contributed by atoms with Crippen LogP contribution in [0.15, 0.2) is 128 Å². The highest BCUT2D eigenvalue weighted by Crippen LogP contribution is 2.29. The van der Waals surface area contributed by atoms with Crippen molar-refractivity contribution in [2.45, 2.75) is 195 Å². The molecule has 4 heterocycles. The molecule has 6 aromatic rings. The van der Waals surface area contributed by atoms with E-state index in [0.717, 1.165) is 31.5 Å². The van der Waals surface area contributed by atoms with Gasteiger partial charge in [0.25, 0.3) is 0 Å². The number of aliphatic hydroxyl groups is 2. The molecule has 133 heavy (non-hydrogen) atoms. The van der Waals surface area contributed by atoms with Gasteiger partial charge in [-0.15, -0.1) is 11.8 Å². The Hall–Kier alpha value is -13.6. The number of H-pyrrole nitrogens is 1. The smallest absolute Gasteiger partial charge is 0.305 e. The number of carboxylic acid groups (broad SMARTS) is 1. The fourth-order valence-corrected chi connectivity index (χ4v) is 16.9. The second-order valence-electron chi connectivity index (χ2n) is 33.5. The number of carboxylic acids is 1. The Labute approximate surface area is 767 Å². The SMILES string of the molecule is CCCC[C@H]1C(=O)N2C[C@H](O)C[C@@H]2C(=O)N[C@@H](CC(=O)O)C(=O)N[C@@H](C(C)C)C(=O)N(C)[C@@H](Cc2ccccc2)C(=O)N[C@@H](CCC(N)=O)C(=O)N2C[C@H](O)C[C@H]2C(=O)N[C@@H](Cc2c[nH]c3ccccc23)C(=O)N[C@@H](Cc2ccc(O)cc2)C(=O)N[C@@H](CN)C(=O)N[C@H](C(=O)NCC(N)=O)CSCC(=O)N[C@@H](Cc2cc(F)c(F)c(F)c2)C(=O)N(C)[C@@H](Cc2ccccc2)C(=O)N1C. The Morgan fingerprint density at radius 2 is 1.02 bits per heavy atom. The van der Waals surface area contributed by atoms with Crippen LogP contribution in [0, 0.1) is 23.4 Å². The zero-order valence-electron chi connectivity index (χ0n) is 74.0. The number of primary amides is 2. The number of hydrogen-bond acceptors (Lipinski definition) is 22. The molecule has 0 saturated carbocycles. The molecule has 9 rings (SSSR count). The summed E-state index contributed by atoms with van der Waals surface area (Å²) in [5, 5.41) is 66.6. The summed E-state index contributed by atoms with van der Waals surface area (Å²) in [5.41, 5.74) is 19.0. The molecule has 0 spiro atoms. The first kappa shape index (κ1) is 103. The Bertz CT molecular complexity index is 5220. The molecule has 39 nitrogen and oxygen atoms in total. The zero-order chi connectivity index (χ0) is 97.4. The second kappa shape index (κ2) is 48.0. The van der Waals surface area contributed by atoms with E-state index in [2.05, 4.69) is 52.8 Å². The number of nitrogens with zero attached hydrogens (tertiary/aromatic N) is 5. The molecular formula is C90H113F3N18O21S. The summed E-state index contributed by atoms with van der Waals surface area (Å²) >= 11 is 0.606. The van der Waals surface area contributed by atoms with Crippen LogP contribution in [0.5, 0.6) is 5.75 Å². The summed E-state index contributed by atoms with van der Waals surface area (Å²) in [6.07, 6.45) is -6.61. The van der Waals surface area contributed by atoms with Gasteiger partial charge in [0.15, 0.2) is 17.5 Å². The quantitative estimate of drug-likeness (QED) is 0.0308. The van der Waals surface area contributed by atoms with Gasteiger partial charge in [0, 0.05) is 115 Å². The van der Waals surface area contributed by atoms with E-state index < -0.39 is 303 Å². The zero-order valence-corrected chi connectivity index (χ0v) is 74.9. The van der Waals surface area contributed by atoms with Crippen molar-refractivity contribution in [3.63, 3.8) is 0 Å². The number of phenolic OH excluding ortho intramolecular Hbond substituents is 1. The van der Waals surface area contributed by atoms with Gasteiger partial charge in [0.2, 0.25) is 94.5 Å². The predicted octanol–water partition coefficient (Wildman–Crippen LogP) is -2.02. The number of aliphatic carboxylic acids is 1. The van der Waals surface area contributed by atoms with Crippen LogP contribution in [-0.4, -0.2) is 300 Å². The third-order valence-electron chi connectivity index (χ3n) is 23.3. The number of halogens is 3. The number of hydrogen-bond donors (Lipinski definition) is 17. The number of aromatic amines is 1. The first-order chi connectivity index (χ1) is 63.1. The van der Waals surface area contributed by atoms with Crippen LogP contribution < -0.4 is 65.1 Å². The van der Waals surface area contributed by atoms with E-state index >= 15 is 51.9 Å². The van der Waals surface area contributed by atoms with E-state index in [1.54, 1.807) is 91.9 Å². The number of unbranched alkanes of at least 4 members (excludes halogenated alkanes) is 1. The third-order valence-corrected chi connectivity index (χ3v) is 24.3. The molecule has 716 valence electrons. The summed E-state index contributed by atoms with van der Waals surface area (Å²) in [6, 6.07) is 6.50. The van der Waals surface area contributed by atoms with Crippen molar-refractivity contribution in [1.82, 2.24) is 77.3 Å². The molecule has 3 aliphatic rings. The van der Waals surface area contributed by atoms with Gasteiger partial charge >= 0.3 is 5.97 Å². The Morgan fingerprint density at radius 3 is 1.59 bits per heavy atom. The van der Waals surface area contributed by atoms with Crippen LogP contribution in [0.1, 0.15) is 100.0 Å². The van der Waals surface area contributed by atoms with E-state index in [0.29, 0.717) is 57.9 Å². The van der Waals surface area contributed by atoms with Gasteiger partial charge in [-0.05, 0) is 76.9 Å². The molecule has 0 radical (unpaired) electrons. The predicted molar refractivity (Wildman–Crippen MR) is 475 cm³/mol. The number of aliphatic hydroxyl groups excluding tert-OH is 2. The molecule has 0 bridgehead atoms. The summed E-state index contributed by atoms with van der Waals surface area (Å²) in [7, 11) is 3.54. The normalized spacial score (nSPS) is 24.7. The monoisotopic (exact) mass is 1870 g/mol. The van der Waals surface area contributed by atoms with Crippen molar-refractivity contribution in [1.29, 1.82) is 0 Å². The number of thioether (sulfide) groups is 1. The van der Waals surface area contributed by atoms with Crippen LogP contribution in [0.25, 0.3) is 10.9 Å². The lowest BCUT2D eigenvalue weighted by molar-refractivity contribution is -0.152. The number of carbonyl (C=O) groups is 17. The standard InChI is InChI=1S/C90H113F3N18O21S/c1-7-8-23-67-89(131)111-44-55(114)38-70(111)85(127)103-63(39-75(118)119)81(123)106-77(47(2)3)90(132)108(5)68(34-48-17-11-9-12-18-48)83(125)100-60(28-29-72(95)115)87(129)110-43-54(113)37-69(110)84(126)102-62(36-52-41-97-59-22-16-15-21-56(52)59)80(122)101-61(32-50-24-26-53(112)27-25-50)79(121)104-65(40-94)82(124)105-66(78(120)98-42-73(96)116)45-133-46-74(117)99-64(33-51-30-57(91)76(93)58(92)31-51)86(128)109(6)71(88(130)107(67)4)35-49-19-13-10-14-20-49/h9-22,24-27,30-31,41,47,54-55,60-71,77,97,112-114H,7-8,23,28-29,32-40,42-46,94H2,1-6H3,(H2,95,115)(H2,96,116)(H,98,120)(H,99,117)(H,100,125)(H,101,122)(H,102,126)(H,103,127)(H,104,121)(H,105,124)(H,106,123)(H,118,119)/t54-,55-,60+,61+,62+,63+,64+,65+,66+,67+,68+,69+,70-,71+,77+/m1/s1. The highest BCUT2D eigenvalue weighted by atomic mass is 32.2. The number of amides is 16. The Balaban J connectivity index is 1.13. The molecule has 0 unspecified atom stereocenters. The highest BCUT2D eigenvalue weighted by Gasteiger charge is 2.48. The minimum atomic E-state index is -2.07. The summed E-state index contributed by atoms with van der Waals surface area (Å²) < 4.78 is 45.0. The minimum Gasteiger partial charge on any atom is -0.508 e. The van der Waals surface area contributed by atoms with Crippen LogP contribution in [-0.2, 0) is 114 Å². The number of aromatic hydroxyl groups is 1. The summed E-state index contributed by atoms with van der Waals surface area (Å²) in [6.45, 7) is 1.99. The number of phenols is 1. The maximum absolute atomic E-state index is 15.7. The third kappa shape index (κ3) is 28.3. The lowest BCUT2D eigenvalue weighted by atomic mass is 9.98. The molecule has 3 fully saturated rings. The van der Waals surface area contributed by atoms with Crippen LogP contribution in [0.3, 0.4) is 0 Å². The molecule has 16 amide bonds. The highest BCUT2D eigenvalue weighted by molar-refractivity contribution is 8.00. The van der Waals surface area contributed by atoms with Crippen molar-refractivity contribution in [3.05, 3.63) is 173 Å². The lowest BCUT2D eigenvalue weighted by Crippen LogP contribution is -2.62. The number of para-hydroxylation sites is 1. The van der Waals surface area contributed by atoms with Gasteiger partial charge in [-0.1, -0.05) is 125 Å². The molecule has 43 heteroatoms. The molecule has 1 aromatic heterocycles. The average Bonchev–Trinajstić information content (AvgIpc) is 1.69. The van der Waals surface area contributed by atoms with Crippen molar-refractivity contribution in [2.75, 3.05) is 58.8 Å². The number of likely N-dealkylation sites (N-methyl/N-ethyl adjacent to an activating group) is 3. The molecule has 3 saturated heterocycles. The van der Waals surface area contributed by atoms with Crippen molar-refractivity contribution in [2.24, 2.45) is 23.1 Å². The average molecular weight is 1870 g/mol. The topological polar surface area (TPSA) is 589 Å². The van der Waals surface area contributed by atoms with Gasteiger partial charge in [-0.25, -0.2) is 13.2 Å². The number of rotatable bonds is 23. The van der Waals surface area contributed by atoms with Crippen LogP contribution >= 0.6 is 11.8 Å². The van der Waals surface area contributed by atoms with Crippen molar-refractivity contribution < 1.29 is 115 Å². The molecule has 20 N–H and O–H groups in total. The number of fused-ring (bicyclic) bond motifs is 3. The minimum absolute atomic E-state index is 0.151. The number of nitrogens with one attached hydrogen (secondary N) is 10. The number of aromatic nitrogens is 1. The van der Waals surface area contributed by atoms with Gasteiger partial charge in [0.05, 0.1) is 30.9 Å². The van der Waals surface area contributed by atoms with E-state index in [-0.39, 0.29) is 43.4 Å². The molecule has 3 aliphatic heterocycles. The maximum atomic E-state index is 15.7. The van der Waals surface area contributed by atoms with Crippen molar-refractivity contribution in [3.8, 4) is 5.75 Å². The van der Waals surface area contributed by atoms with E-state index in [1.165, 1.54) is 58.4 Å². The first-order valence-corrected chi connectivity index (χ1v) is 44.4. The largest absolute Gasteiger partial charge is 0.508 e. The van der Waals surface area contributed by atoms with Gasteiger partial charge in [0.1, 0.15) is 84.3 Å². The number of carbonyl (C=O) groups excluding carboxylic acids is 16. The number of benzene rings is 5. The molecule has 15 atom stereocenters.